The molecule has 0 bridgehead atoms. The number of rotatable bonds is 4. The van der Waals surface area contributed by atoms with Crippen molar-refractivity contribution in [2.45, 2.75) is 12.8 Å². The number of nitro groups is 1. The number of non-ortho nitro benzene ring substituents is 1. The van der Waals surface area contributed by atoms with E-state index in [1.54, 1.807) is 12.1 Å². The molecule has 104 valence electrons. The Balaban J connectivity index is 2.37. The van der Waals surface area contributed by atoms with Crippen LogP contribution in [-0.2, 0) is 4.74 Å². The smallest absolute Gasteiger partial charge is 0.341 e. The number of ether oxygens (including phenoxy) is 1. The van der Waals surface area contributed by atoms with Gasteiger partial charge in [0.15, 0.2) is 6.61 Å². The Kier molecular flexibility index (Phi) is 4.15. The van der Waals surface area contributed by atoms with Crippen molar-refractivity contribution in [2.75, 3.05) is 24.6 Å². The highest BCUT2D eigenvalue weighted by Gasteiger charge is 2.23. The number of anilines is 1. The van der Waals surface area contributed by atoms with Crippen molar-refractivity contribution in [2.24, 2.45) is 0 Å². The topological polar surface area (TPSA) is 96.5 Å². The van der Waals surface area contributed by atoms with E-state index in [0.717, 1.165) is 25.9 Å². The van der Waals surface area contributed by atoms with Gasteiger partial charge in [0.25, 0.3) is 5.69 Å². The zero-order valence-electron chi connectivity index (χ0n) is 10.7. The van der Waals surface area contributed by atoms with Gasteiger partial charge in [-0.2, -0.15) is 5.26 Å². The van der Waals surface area contributed by atoms with E-state index in [4.69, 9.17) is 10.00 Å². The van der Waals surface area contributed by atoms with Crippen LogP contribution < -0.4 is 4.90 Å². The second-order valence-electron chi connectivity index (χ2n) is 4.39. The Morgan fingerprint density at radius 1 is 1.45 bits per heavy atom. The van der Waals surface area contributed by atoms with Gasteiger partial charge in [0.1, 0.15) is 6.07 Å². The number of nitriles is 1. The van der Waals surface area contributed by atoms with Crippen molar-refractivity contribution in [1.82, 2.24) is 0 Å². The number of nitrogens with zero attached hydrogens (tertiary/aromatic N) is 3. The van der Waals surface area contributed by atoms with Crippen LogP contribution in [0.2, 0.25) is 0 Å². The molecule has 1 aliphatic heterocycles. The van der Waals surface area contributed by atoms with E-state index in [-0.39, 0.29) is 17.9 Å². The summed E-state index contributed by atoms with van der Waals surface area (Å²) in [6.07, 6.45) is 2.04. The van der Waals surface area contributed by atoms with Gasteiger partial charge in [-0.3, -0.25) is 10.1 Å². The van der Waals surface area contributed by atoms with Crippen molar-refractivity contribution in [3.8, 4) is 6.07 Å². The van der Waals surface area contributed by atoms with Crippen molar-refractivity contribution >= 4 is 17.3 Å². The SMILES string of the molecule is N#CCOC(=O)c1cc([N+](=O)[O-])ccc1N1CCCC1. The molecule has 1 heterocycles. The lowest BCUT2D eigenvalue weighted by Crippen LogP contribution is -2.21. The summed E-state index contributed by atoms with van der Waals surface area (Å²) in [5.74, 6) is -0.711. The van der Waals surface area contributed by atoms with E-state index >= 15 is 0 Å². The highest BCUT2D eigenvalue weighted by atomic mass is 16.6. The molecule has 0 N–H and O–H groups in total. The van der Waals surface area contributed by atoms with Gasteiger partial charge >= 0.3 is 5.97 Å². The standard InChI is InChI=1S/C13H13N3O4/c14-5-8-20-13(17)11-9-10(16(18)19)3-4-12(11)15-6-1-2-7-15/h3-4,9H,1-2,6-8H2. The molecule has 0 aliphatic carbocycles. The monoisotopic (exact) mass is 275 g/mol. The number of carbonyl (C=O) groups excluding carboxylic acids is 1. The van der Waals surface area contributed by atoms with Gasteiger partial charge < -0.3 is 9.64 Å². The molecule has 0 atom stereocenters. The van der Waals surface area contributed by atoms with Crippen molar-refractivity contribution in [3.05, 3.63) is 33.9 Å². The molecule has 0 unspecified atom stereocenters. The van der Waals surface area contributed by atoms with Crippen LogP contribution in [0, 0.1) is 21.4 Å². The minimum absolute atomic E-state index is 0.136. The quantitative estimate of drug-likeness (QED) is 0.473. The fourth-order valence-corrected chi connectivity index (χ4v) is 2.21. The Labute approximate surface area is 115 Å². The molecule has 1 aromatic rings. The highest BCUT2D eigenvalue weighted by molar-refractivity contribution is 5.96. The summed E-state index contributed by atoms with van der Waals surface area (Å²) in [6, 6.07) is 5.84. The highest BCUT2D eigenvalue weighted by Crippen LogP contribution is 2.28. The zero-order valence-corrected chi connectivity index (χ0v) is 10.7. The van der Waals surface area contributed by atoms with Crippen LogP contribution in [0.1, 0.15) is 23.2 Å². The first-order valence-corrected chi connectivity index (χ1v) is 6.21. The second-order valence-corrected chi connectivity index (χ2v) is 4.39. The zero-order chi connectivity index (χ0) is 14.5. The summed E-state index contributed by atoms with van der Waals surface area (Å²) in [5, 5.41) is 19.2. The Bertz CT molecular complexity index is 573. The van der Waals surface area contributed by atoms with Gasteiger partial charge in [-0.15, -0.1) is 0 Å². The third kappa shape index (κ3) is 2.85. The van der Waals surface area contributed by atoms with E-state index in [9.17, 15) is 14.9 Å². The van der Waals surface area contributed by atoms with Crippen LogP contribution in [0.5, 0.6) is 0 Å². The number of hydrogen-bond donors (Lipinski definition) is 0. The van der Waals surface area contributed by atoms with Crippen LogP contribution in [0.4, 0.5) is 11.4 Å². The third-order valence-corrected chi connectivity index (χ3v) is 3.13. The molecule has 1 fully saturated rings. The number of hydrogen-bond acceptors (Lipinski definition) is 6. The van der Waals surface area contributed by atoms with E-state index in [1.807, 2.05) is 4.90 Å². The Morgan fingerprint density at radius 2 is 2.15 bits per heavy atom. The molecule has 0 amide bonds. The average Bonchev–Trinajstić information content (AvgIpc) is 2.98. The summed E-state index contributed by atoms with van der Waals surface area (Å²) in [6.45, 7) is 1.23. The molecule has 1 saturated heterocycles. The molecule has 2 rings (SSSR count). The lowest BCUT2D eigenvalue weighted by Gasteiger charge is -2.20. The maximum absolute atomic E-state index is 11.9. The molecular formula is C13H13N3O4. The normalized spacial score (nSPS) is 13.8. The summed E-state index contributed by atoms with van der Waals surface area (Å²) in [4.78, 5) is 24.2. The molecule has 1 aromatic carbocycles. The van der Waals surface area contributed by atoms with Crippen LogP contribution in [0.25, 0.3) is 0 Å². The van der Waals surface area contributed by atoms with Gasteiger partial charge in [0, 0.05) is 25.2 Å². The molecular weight excluding hydrogens is 262 g/mol. The second kappa shape index (κ2) is 6.02. The molecule has 7 heteroatoms. The third-order valence-electron chi connectivity index (χ3n) is 3.13. The molecule has 0 aromatic heterocycles. The Hall–Kier alpha value is -2.62. The van der Waals surface area contributed by atoms with Crippen LogP contribution >= 0.6 is 0 Å². The number of nitro benzene ring substituents is 1. The summed E-state index contributed by atoms with van der Waals surface area (Å²) < 4.78 is 4.76. The van der Waals surface area contributed by atoms with Crippen LogP contribution in [0.15, 0.2) is 18.2 Å². The molecule has 0 radical (unpaired) electrons. The van der Waals surface area contributed by atoms with Gasteiger partial charge in [0.05, 0.1) is 16.2 Å². The first kappa shape index (κ1) is 13.8. The van der Waals surface area contributed by atoms with Gasteiger partial charge in [-0.05, 0) is 18.9 Å². The van der Waals surface area contributed by atoms with Gasteiger partial charge in [-0.25, -0.2) is 4.79 Å². The van der Waals surface area contributed by atoms with Crippen molar-refractivity contribution < 1.29 is 14.5 Å². The van der Waals surface area contributed by atoms with E-state index < -0.39 is 10.9 Å². The van der Waals surface area contributed by atoms with Crippen LogP contribution in [0.3, 0.4) is 0 Å². The summed E-state index contributed by atoms with van der Waals surface area (Å²) in [5.41, 5.74) is 0.587. The van der Waals surface area contributed by atoms with Crippen molar-refractivity contribution in [1.29, 1.82) is 5.26 Å². The minimum atomic E-state index is -0.711. The maximum atomic E-state index is 11.9. The number of benzene rings is 1. The molecule has 7 nitrogen and oxygen atoms in total. The first-order valence-electron chi connectivity index (χ1n) is 6.21. The predicted octanol–water partition coefficient (Wildman–Crippen LogP) is 1.88. The molecule has 0 saturated carbocycles. The Morgan fingerprint density at radius 3 is 2.75 bits per heavy atom. The average molecular weight is 275 g/mol. The van der Waals surface area contributed by atoms with Crippen LogP contribution in [-0.4, -0.2) is 30.6 Å². The van der Waals surface area contributed by atoms with Gasteiger partial charge in [-0.1, -0.05) is 0 Å². The van der Waals surface area contributed by atoms with E-state index in [2.05, 4.69) is 0 Å². The fraction of sp³-hybridized carbons (Fsp3) is 0.385. The van der Waals surface area contributed by atoms with E-state index in [0.29, 0.717) is 5.69 Å². The lowest BCUT2D eigenvalue weighted by molar-refractivity contribution is -0.384. The molecule has 1 aliphatic rings. The lowest BCUT2D eigenvalue weighted by atomic mass is 10.1. The molecule has 0 spiro atoms. The van der Waals surface area contributed by atoms with Crippen molar-refractivity contribution in [3.63, 3.8) is 0 Å². The largest absolute Gasteiger partial charge is 0.447 e. The number of carbonyl (C=O) groups is 1. The fourth-order valence-electron chi connectivity index (χ4n) is 2.21. The first-order chi connectivity index (χ1) is 9.63. The summed E-state index contributed by atoms with van der Waals surface area (Å²) >= 11 is 0. The van der Waals surface area contributed by atoms with Gasteiger partial charge in [0.2, 0.25) is 0 Å². The molecule has 20 heavy (non-hydrogen) atoms. The predicted molar refractivity (Wildman–Crippen MR) is 70.4 cm³/mol. The summed E-state index contributed by atoms with van der Waals surface area (Å²) in [7, 11) is 0. The maximum Gasteiger partial charge on any atom is 0.341 e. The number of esters is 1. The minimum Gasteiger partial charge on any atom is -0.447 e. The van der Waals surface area contributed by atoms with E-state index in [1.165, 1.54) is 12.1 Å².